The highest BCUT2D eigenvalue weighted by Gasteiger charge is 2.15. The highest BCUT2D eigenvalue weighted by Crippen LogP contribution is 2.02. The van der Waals surface area contributed by atoms with Gasteiger partial charge in [0.15, 0.2) is 5.03 Å². The largest absolute Gasteiger partial charge is 0.339 e. The van der Waals surface area contributed by atoms with Crippen LogP contribution in [0.5, 0.6) is 0 Å². The molecule has 1 N–H and O–H groups in total. The minimum Gasteiger partial charge on any atom is -0.339 e. The van der Waals surface area contributed by atoms with E-state index in [0.717, 1.165) is 0 Å². The third-order valence-electron chi connectivity index (χ3n) is 1.15. The van der Waals surface area contributed by atoms with Gasteiger partial charge in [0, 0.05) is 13.2 Å². The predicted octanol–water partition coefficient (Wildman–Crippen LogP) is -0.740. The van der Waals surface area contributed by atoms with Crippen molar-refractivity contribution in [1.82, 2.24) is 14.4 Å². The molecule has 0 aliphatic carbocycles. The van der Waals surface area contributed by atoms with E-state index in [1.165, 1.54) is 24.2 Å². The first-order valence-electron chi connectivity index (χ1n) is 3.09. The Kier molecular flexibility index (Phi) is 2.46. The topological polar surface area (TPSA) is 73.2 Å². The zero-order chi connectivity index (χ0) is 9.19. The molecule has 0 atom stereocenters. The molecule has 6 nitrogen and oxygen atoms in total. The summed E-state index contributed by atoms with van der Waals surface area (Å²) < 4.78 is 23.8. The first-order valence-corrected chi connectivity index (χ1v) is 4.57. The molecule has 0 saturated heterocycles. The first kappa shape index (κ1) is 9.17. The van der Waals surface area contributed by atoms with Crippen LogP contribution in [0.3, 0.4) is 0 Å². The van der Waals surface area contributed by atoms with Crippen LogP contribution in [-0.2, 0) is 21.9 Å². The molecule has 1 rings (SSSR count). The van der Waals surface area contributed by atoms with Crippen molar-refractivity contribution in [2.24, 2.45) is 7.05 Å². The number of hydrogen-bond donors (Lipinski definition) is 1. The number of rotatable bonds is 3. The summed E-state index contributed by atoms with van der Waals surface area (Å²) in [7, 11) is -0.692. The standard InChI is InChI=1S/C5H9N3O3S/c1-8-3-5(6-4-8)12(9,10)7-11-2/h3-4,7H,1-2H3. The van der Waals surface area contributed by atoms with Crippen LogP contribution in [0.25, 0.3) is 0 Å². The Hall–Kier alpha value is -0.920. The fraction of sp³-hybridized carbons (Fsp3) is 0.400. The van der Waals surface area contributed by atoms with Crippen molar-refractivity contribution in [3.63, 3.8) is 0 Å². The fourth-order valence-corrected chi connectivity index (χ4v) is 1.48. The van der Waals surface area contributed by atoms with Crippen molar-refractivity contribution in [2.45, 2.75) is 5.03 Å². The molecule has 68 valence electrons. The van der Waals surface area contributed by atoms with E-state index in [4.69, 9.17) is 0 Å². The fourth-order valence-electron chi connectivity index (χ4n) is 0.680. The van der Waals surface area contributed by atoms with Crippen molar-refractivity contribution in [3.05, 3.63) is 12.5 Å². The summed E-state index contributed by atoms with van der Waals surface area (Å²) in [6.45, 7) is 0. The van der Waals surface area contributed by atoms with Crippen LogP contribution in [0.4, 0.5) is 0 Å². The third-order valence-corrected chi connectivity index (χ3v) is 2.30. The van der Waals surface area contributed by atoms with Gasteiger partial charge in [0.05, 0.1) is 13.4 Å². The number of imidazole rings is 1. The summed E-state index contributed by atoms with van der Waals surface area (Å²) >= 11 is 0. The molecule has 0 aromatic carbocycles. The number of hydrogen-bond acceptors (Lipinski definition) is 4. The van der Waals surface area contributed by atoms with Crippen LogP contribution in [0.1, 0.15) is 0 Å². The number of sulfonamides is 1. The van der Waals surface area contributed by atoms with Gasteiger partial charge in [-0.25, -0.2) is 13.4 Å². The SMILES string of the molecule is CONS(=O)(=O)c1cn(C)cn1. The van der Waals surface area contributed by atoms with E-state index in [-0.39, 0.29) is 5.03 Å². The highest BCUT2D eigenvalue weighted by atomic mass is 32.2. The van der Waals surface area contributed by atoms with Crippen molar-refractivity contribution in [1.29, 1.82) is 0 Å². The van der Waals surface area contributed by atoms with Gasteiger partial charge in [-0.1, -0.05) is 4.89 Å². The lowest BCUT2D eigenvalue weighted by Crippen LogP contribution is -2.22. The van der Waals surface area contributed by atoms with Crippen LogP contribution in [-0.4, -0.2) is 25.1 Å². The van der Waals surface area contributed by atoms with E-state index >= 15 is 0 Å². The van der Waals surface area contributed by atoms with Gasteiger partial charge in [0.2, 0.25) is 0 Å². The quantitative estimate of drug-likeness (QED) is 0.639. The zero-order valence-electron chi connectivity index (χ0n) is 6.68. The number of nitrogens with zero attached hydrogens (tertiary/aromatic N) is 2. The Morgan fingerprint density at radius 2 is 2.33 bits per heavy atom. The van der Waals surface area contributed by atoms with Crippen molar-refractivity contribution in [2.75, 3.05) is 7.11 Å². The number of nitrogens with one attached hydrogen (secondary N) is 1. The van der Waals surface area contributed by atoms with Gasteiger partial charge in [-0.3, -0.25) is 4.84 Å². The van der Waals surface area contributed by atoms with Gasteiger partial charge in [0.1, 0.15) is 0 Å². The van der Waals surface area contributed by atoms with Crippen molar-refractivity contribution in [3.8, 4) is 0 Å². The van der Waals surface area contributed by atoms with Crippen LogP contribution in [0.2, 0.25) is 0 Å². The number of aryl methyl sites for hydroxylation is 1. The van der Waals surface area contributed by atoms with Gasteiger partial charge in [0.25, 0.3) is 10.0 Å². The molecule has 0 radical (unpaired) electrons. The Bertz CT molecular complexity index is 356. The molecule has 1 heterocycles. The monoisotopic (exact) mass is 191 g/mol. The maximum atomic E-state index is 11.1. The molecule has 7 heteroatoms. The smallest absolute Gasteiger partial charge is 0.281 e. The van der Waals surface area contributed by atoms with Gasteiger partial charge >= 0.3 is 0 Å². The van der Waals surface area contributed by atoms with E-state index in [1.807, 2.05) is 4.89 Å². The minimum atomic E-state index is -3.59. The van der Waals surface area contributed by atoms with Crippen molar-refractivity contribution >= 4 is 10.0 Å². The second-order valence-electron chi connectivity index (χ2n) is 2.17. The summed E-state index contributed by atoms with van der Waals surface area (Å²) in [5.74, 6) is 0. The molecule has 1 aromatic heterocycles. The lowest BCUT2D eigenvalue weighted by molar-refractivity contribution is 0.153. The van der Waals surface area contributed by atoms with E-state index in [9.17, 15) is 8.42 Å². The van der Waals surface area contributed by atoms with Gasteiger partial charge in [-0.15, -0.1) is 0 Å². The van der Waals surface area contributed by atoms with Crippen LogP contribution < -0.4 is 4.89 Å². The average Bonchev–Trinajstić information content (AvgIpc) is 2.36. The van der Waals surface area contributed by atoms with E-state index in [2.05, 4.69) is 9.82 Å². The maximum Gasteiger partial charge on any atom is 0.281 e. The summed E-state index contributed by atoms with van der Waals surface area (Å²) in [4.78, 5) is 9.77. The zero-order valence-corrected chi connectivity index (χ0v) is 7.50. The van der Waals surface area contributed by atoms with Crippen LogP contribution in [0.15, 0.2) is 17.6 Å². The van der Waals surface area contributed by atoms with Gasteiger partial charge in [-0.2, -0.15) is 0 Å². The Labute approximate surface area is 70.2 Å². The molecule has 1 aromatic rings. The van der Waals surface area contributed by atoms with E-state index in [0.29, 0.717) is 0 Å². The molecule has 0 fully saturated rings. The maximum absolute atomic E-state index is 11.1. The lowest BCUT2D eigenvalue weighted by atomic mass is 10.9. The predicted molar refractivity (Wildman–Crippen MR) is 40.5 cm³/mol. The molecule has 0 aliphatic rings. The lowest BCUT2D eigenvalue weighted by Gasteiger charge is -1.98. The summed E-state index contributed by atoms with van der Waals surface area (Å²) in [6, 6.07) is 0. The molecule has 12 heavy (non-hydrogen) atoms. The molecular weight excluding hydrogens is 182 g/mol. The Balaban J connectivity index is 2.98. The summed E-state index contributed by atoms with van der Waals surface area (Å²) in [5, 5.41) is -0.0631. The second-order valence-corrected chi connectivity index (χ2v) is 3.76. The molecule has 0 bridgehead atoms. The number of aromatic nitrogens is 2. The van der Waals surface area contributed by atoms with Crippen LogP contribution >= 0.6 is 0 Å². The second kappa shape index (κ2) is 3.21. The molecule has 0 aliphatic heterocycles. The van der Waals surface area contributed by atoms with Gasteiger partial charge < -0.3 is 4.57 Å². The molecule has 0 saturated carbocycles. The van der Waals surface area contributed by atoms with E-state index < -0.39 is 10.0 Å². The molecular formula is C5H9N3O3S. The average molecular weight is 191 g/mol. The Morgan fingerprint density at radius 3 is 2.75 bits per heavy atom. The van der Waals surface area contributed by atoms with Crippen LogP contribution in [0, 0.1) is 0 Å². The molecule has 0 spiro atoms. The minimum absolute atomic E-state index is 0.0631. The van der Waals surface area contributed by atoms with E-state index in [1.54, 1.807) is 7.05 Å². The highest BCUT2D eigenvalue weighted by molar-refractivity contribution is 7.89. The summed E-state index contributed by atoms with van der Waals surface area (Å²) in [5.41, 5.74) is 0. The normalized spacial score (nSPS) is 11.8. The van der Waals surface area contributed by atoms with Crippen molar-refractivity contribution < 1.29 is 13.3 Å². The third kappa shape index (κ3) is 1.81. The van der Waals surface area contributed by atoms with Gasteiger partial charge in [-0.05, 0) is 0 Å². The first-order chi connectivity index (χ1) is 5.56. The molecule has 0 unspecified atom stereocenters. The Morgan fingerprint density at radius 1 is 1.67 bits per heavy atom. The summed E-state index contributed by atoms with van der Waals surface area (Å²) in [6.07, 6.45) is 2.77. The molecule has 0 amide bonds.